The molecule has 0 saturated heterocycles. The second-order valence-electron chi connectivity index (χ2n) is 3.85. The zero-order chi connectivity index (χ0) is 13.3. The first-order chi connectivity index (χ1) is 7.95. The SMILES string of the molecule is CCCC(CCO)CNS(=O)(=O)CC(=O)OC. The van der Waals surface area contributed by atoms with Crippen molar-refractivity contribution in [1.82, 2.24) is 4.72 Å². The predicted octanol–water partition coefficient (Wildman–Crippen LogP) is -0.122. The number of carbonyl (C=O) groups excluding carboxylic acids is 1. The zero-order valence-electron chi connectivity index (χ0n) is 10.3. The van der Waals surface area contributed by atoms with Gasteiger partial charge >= 0.3 is 5.97 Å². The minimum atomic E-state index is -3.63. The van der Waals surface area contributed by atoms with Gasteiger partial charge in [-0.15, -0.1) is 0 Å². The van der Waals surface area contributed by atoms with E-state index in [0.29, 0.717) is 6.42 Å². The van der Waals surface area contributed by atoms with Gasteiger partial charge in [0.25, 0.3) is 0 Å². The lowest BCUT2D eigenvalue weighted by molar-refractivity contribution is -0.137. The van der Waals surface area contributed by atoms with Crippen LogP contribution in [0, 0.1) is 5.92 Å². The first-order valence-corrected chi connectivity index (χ1v) is 7.25. The number of methoxy groups -OCH3 is 1. The highest BCUT2D eigenvalue weighted by Crippen LogP contribution is 2.09. The lowest BCUT2D eigenvalue weighted by Crippen LogP contribution is -2.34. The van der Waals surface area contributed by atoms with Crippen LogP contribution in [0.15, 0.2) is 0 Å². The molecule has 0 aliphatic rings. The largest absolute Gasteiger partial charge is 0.468 e. The number of hydrogen-bond donors (Lipinski definition) is 2. The quantitative estimate of drug-likeness (QED) is 0.568. The van der Waals surface area contributed by atoms with Crippen LogP contribution in [-0.4, -0.2) is 45.5 Å². The van der Waals surface area contributed by atoms with E-state index in [-0.39, 0.29) is 19.1 Å². The van der Waals surface area contributed by atoms with Crippen LogP contribution in [-0.2, 0) is 19.6 Å². The Morgan fingerprint density at radius 1 is 1.41 bits per heavy atom. The molecule has 1 atom stereocenters. The summed E-state index contributed by atoms with van der Waals surface area (Å²) in [6.45, 7) is 2.27. The number of hydrogen-bond acceptors (Lipinski definition) is 5. The Hall–Kier alpha value is -0.660. The third-order valence-electron chi connectivity index (χ3n) is 2.36. The topological polar surface area (TPSA) is 92.7 Å². The summed E-state index contributed by atoms with van der Waals surface area (Å²) < 4.78 is 29.5. The molecule has 0 aromatic heterocycles. The van der Waals surface area contributed by atoms with Crippen LogP contribution < -0.4 is 4.72 Å². The maximum Gasteiger partial charge on any atom is 0.322 e. The number of carbonyl (C=O) groups is 1. The highest BCUT2D eigenvalue weighted by molar-refractivity contribution is 7.90. The van der Waals surface area contributed by atoms with E-state index in [2.05, 4.69) is 9.46 Å². The third-order valence-corrected chi connectivity index (χ3v) is 3.58. The van der Waals surface area contributed by atoms with E-state index in [1.165, 1.54) is 0 Å². The van der Waals surface area contributed by atoms with Gasteiger partial charge in [-0.25, -0.2) is 13.1 Å². The molecule has 2 N–H and O–H groups in total. The Morgan fingerprint density at radius 2 is 2.06 bits per heavy atom. The monoisotopic (exact) mass is 267 g/mol. The van der Waals surface area contributed by atoms with Crippen molar-refractivity contribution in [3.05, 3.63) is 0 Å². The van der Waals surface area contributed by atoms with Gasteiger partial charge in [0.2, 0.25) is 10.0 Å². The van der Waals surface area contributed by atoms with Crippen LogP contribution in [0.25, 0.3) is 0 Å². The maximum absolute atomic E-state index is 11.4. The third kappa shape index (κ3) is 8.12. The highest BCUT2D eigenvalue weighted by atomic mass is 32.2. The number of aliphatic hydroxyl groups is 1. The minimum Gasteiger partial charge on any atom is -0.468 e. The fourth-order valence-electron chi connectivity index (χ4n) is 1.45. The van der Waals surface area contributed by atoms with E-state index in [9.17, 15) is 13.2 Å². The van der Waals surface area contributed by atoms with Gasteiger partial charge < -0.3 is 9.84 Å². The first kappa shape index (κ1) is 16.3. The summed E-state index contributed by atoms with van der Waals surface area (Å²) in [5.74, 6) is -1.36. The number of nitrogens with one attached hydrogen (secondary N) is 1. The van der Waals surface area contributed by atoms with Crippen molar-refractivity contribution in [2.75, 3.05) is 26.0 Å². The molecule has 0 aliphatic carbocycles. The summed E-state index contributed by atoms with van der Waals surface area (Å²) in [6.07, 6.45) is 2.30. The van der Waals surface area contributed by atoms with Crippen molar-refractivity contribution < 1.29 is 23.1 Å². The highest BCUT2D eigenvalue weighted by Gasteiger charge is 2.18. The molecule has 6 nitrogen and oxygen atoms in total. The summed E-state index contributed by atoms with van der Waals surface area (Å²) in [5, 5.41) is 8.82. The predicted molar refractivity (Wildman–Crippen MR) is 63.9 cm³/mol. The average molecular weight is 267 g/mol. The Morgan fingerprint density at radius 3 is 2.53 bits per heavy atom. The lowest BCUT2D eigenvalue weighted by Gasteiger charge is -2.15. The van der Waals surface area contributed by atoms with Gasteiger partial charge in [0.05, 0.1) is 7.11 Å². The van der Waals surface area contributed by atoms with Crippen molar-refractivity contribution in [1.29, 1.82) is 0 Å². The molecule has 0 amide bonds. The van der Waals surface area contributed by atoms with Crippen molar-refractivity contribution in [2.45, 2.75) is 26.2 Å². The number of ether oxygens (including phenoxy) is 1. The maximum atomic E-state index is 11.4. The van der Waals surface area contributed by atoms with Gasteiger partial charge in [0.15, 0.2) is 5.75 Å². The van der Waals surface area contributed by atoms with Gasteiger partial charge in [-0.05, 0) is 18.8 Å². The molecule has 0 heterocycles. The van der Waals surface area contributed by atoms with Gasteiger partial charge in [-0.3, -0.25) is 4.79 Å². The minimum absolute atomic E-state index is 0.0311. The van der Waals surface area contributed by atoms with E-state index in [1.54, 1.807) is 0 Å². The number of aliphatic hydroxyl groups excluding tert-OH is 1. The number of rotatable bonds is 9. The van der Waals surface area contributed by atoms with Crippen molar-refractivity contribution in [3.8, 4) is 0 Å². The number of esters is 1. The first-order valence-electron chi connectivity index (χ1n) is 5.60. The summed E-state index contributed by atoms with van der Waals surface area (Å²) in [7, 11) is -2.49. The van der Waals surface area contributed by atoms with Crippen LogP contribution >= 0.6 is 0 Å². The van der Waals surface area contributed by atoms with Crippen molar-refractivity contribution in [2.24, 2.45) is 5.92 Å². The van der Waals surface area contributed by atoms with Crippen LogP contribution in [0.4, 0.5) is 0 Å². The average Bonchev–Trinajstić information content (AvgIpc) is 2.26. The molecule has 0 radical (unpaired) electrons. The Balaban J connectivity index is 4.17. The molecule has 17 heavy (non-hydrogen) atoms. The van der Waals surface area contributed by atoms with E-state index >= 15 is 0 Å². The normalized spacial score (nSPS) is 13.4. The molecule has 0 aromatic carbocycles. The molecule has 0 aliphatic heterocycles. The smallest absolute Gasteiger partial charge is 0.322 e. The fraction of sp³-hybridized carbons (Fsp3) is 0.900. The van der Waals surface area contributed by atoms with E-state index in [1.807, 2.05) is 6.92 Å². The molecule has 0 bridgehead atoms. The molecule has 102 valence electrons. The van der Waals surface area contributed by atoms with Crippen LogP contribution in [0.5, 0.6) is 0 Å². The van der Waals surface area contributed by atoms with Crippen molar-refractivity contribution >= 4 is 16.0 Å². The van der Waals surface area contributed by atoms with Crippen LogP contribution in [0.3, 0.4) is 0 Å². The molecule has 0 spiro atoms. The van der Waals surface area contributed by atoms with Crippen LogP contribution in [0.2, 0.25) is 0 Å². The van der Waals surface area contributed by atoms with Crippen molar-refractivity contribution in [3.63, 3.8) is 0 Å². The summed E-state index contributed by atoms with van der Waals surface area (Å²) in [4.78, 5) is 10.8. The van der Waals surface area contributed by atoms with Gasteiger partial charge in [0, 0.05) is 13.2 Å². The fourth-order valence-corrected chi connectivity index (χ4v) is 2.47. The molecule has 0 fully saturated rings. The van der Waals surface area contributed by atoms with E-state index in [4.69, 9.17) is 5.11 Å². The van der Waals surface area contributed by atoms with Gasteiger partial charge in [-0.1, -0.05) is 13.3 Å². The Kier molecular flexibility index (Phi) is 8.11. The van der Waals surface area contributed by atoms with Gasteiger partial charge in [0.1, 0.15) is 0 Å². The summed E-state index contributed by atoms with van der Waals surface area (Å²) in [6, 6.07) is 0. The summed E-state index contributed by atoms with van der Waals surface area (Å²) >= 11 is 0. The molecular formula is C10H21NO5S. The lowest BCUT2D eigenvalue weighted by atomic mass is 10.0. The second-order valence-corrected chi connectivity index (χ2v) is 5.66. The molecule has 7 heteroatoms. The zero-order valence-corrected chi connectivity index (χ0v) is 11.1. The second kappa shape index (κ2) is 8.43. The molecule has 1 unspecified atom stereocenters. The van der Waals surface area contributed by atoms with Gasteiger partial charge in [-0.2, -0.15) is 0 Å². The molecule has 0 aromatic rings. The Bertz CT molecular complexity index is 309. The number of sulfonamides is 1. The van der Waals surface area contributed by atoms with E-state index < -0.39 is 21.7 Å². The summed E-state index contributed by atoms with van der Waals surface area (Å²) in [5.41, 5.74) is 0. The molecular weight excluding hydrogens is 246 g/mol. The van der Waals surface area contributed by atoms with Crippen LogP contribution in [0.1, 0.15) is 26.2 Å². The standard InChI is InChI=1S/C10H21NO5S/c1-3-4-9(5-6-12)7-11-17(14,15)8-10(13)16-2/h9,11-12H,3-8H2,1-2H3. The Labute approximate surface area is 102 Å². The van der Waals surface area contributed by atoms with E-state index in [0.717, 1.165) is 20.0 Å². The molecule has 0 saturated carbocycles. The molecule has 0 rings (SSSR count).